The van der Waals surface area contributed by atoms with E-state index in [1.165, 1.54) is 0 Å². The second-order valence-electron chi connectivity index (χ2n) is 5.43. The molecule has 1 fully saturated rings. The molecular formula is C15H21N3O2. The highest BCUT2D eigenvalue weighted by Gasteiger charge is 2.23. The Hall–Kier alpha value is -1.88. The monoisotopic (exact) mass is 275 g/mol. The molecule has 108 valence electrons. The summed E-state index contributed by atoms with van der Waals surface area (Å²) in [6.45, 7) is 1.95. The van der Waals surface area contributed by atoms with E-state index in [4.69, 9.17) is 5.73 Å². The van der Waals surface area contributed by atoms with Gasteiger partial charge in [0.05, 0.1) is 0 Å². The van der Waals surface area contributed by atoms with E-state index in [2.05, 4.69) is 10.6 Å². The fourth-order valence-corrected chi connectivity index (χ4v) is 2.50. The van der Waals surface area contributed by atoms with Gasteiger partial charge in [-0.2, -0.15) is 0 Å². The molecule has 2 atom stereocenters. The van der Waals surface area contributed by atoms with Gasteiger partial charge in [-0.25, -0.2) is 0 Å². The molecule has 1 aliphatic carbocycles. The SMILES string of the molecule is Cc1cccc(NC(=O)CC(=O)N[C@@H]2CC[C@@H](N)C2)c1. The van der Waals surface area contributed by atoms with Gasteiger partial charge in [-0.1, -0.05) is 12.1 Å². The molecule has 5 nitrogen and oxygen atoms in total. The fraction of sp³-hybridized carbons (Fsp3) is 0.467. The first-order valence-electron chi connectivity index (χ1n) is 6.94. The van der Waals surface area contributed by atoms with Crippen LogP contribution in [-0.2, 0) is 9.59 Å². The number of nitrogens with one attached hydrogen (secondary N) is 2. The molecule has 1 aromatic rings. The van der Waals surface area contributed by atoms with Crippen molar-refractivity contribution in [1.29, 1.82) is 0 Å². The Bertz CT molecular complexity index is 502. The molecule has 2 rings (SSSR count). The molecule has 1 aliphatic rings. The molecule has 0 aromatic heterocycles. The standard InChI is InChI=1S/C15H21N3O2/c1-10-3-2-4-12(7-10)17-14(19)9-15(20)18-13-6-5-11(16)8-13/h2-4,7,11,13H,5-6,8-9,16H2,1H3,(H,17,19)(H,18,20)/t11-,13-/m1/s1. The van der Waals surface area contributed by atoms with Crippen molar-refractivity contribution in [3.05, 3.63) is 29.8 Å². The minimum atomic E-state index is -0.296. The Morgan fingerprint density at radius 3 is 2.75 bits per heavy atom. The van der Waals surface area contributed by atoms with E-state index in [-0.39, 0.29) is 30.3 Å². The number of carbonyl (C=O) groups excluding carboxylic acids is 2. The van der Waals surface area contributed by atoms with Crippen molar-refractivity contribution >= 4 is 17.5 Å². The topological polar surface area (TPSA) is 84.2 Å². The summed E-state index contributed by atoms with van der Waals surface area (Å²) in [7, 11) is 0. The summed E-state index contributed by atoms with van der Waals surface area (Å²) < 4.78 is 0. The van der Waals surface area contributed by atoms with Crippen LogP contribution in [-0.4, -0.2) is 23.9 Å². The van der Waals surface area contributed by atoms with Gasteiger partial charge in [-0.15, -0.1) is 0 Å². The quantitative estimate of drug-likeness (QED) is 0.725. The normalized spacial score (nSPS) is 21.5. The lowest BCUT2D eigenvalue weighted by molar-refractivity contribution is -0.127. The first-order valence-corrected chi connectivity index (χ1v) is 6.94. The van der Waals surface area contributed by atoms with E-state index in [9.17, 15) is 9.59 Å². The molecular weight excluding hydrogens is 254 g/mol. The Kier molecular flexibility index (Phi) is 4.74. The molecule has 0 aliphatic heterocycles. The van der Waals surface area contributed by atoms with Crippen molar-refractivity contribution in [3.8, 4) is 0 Å². The third-order valence-corrected chi connectivity index (χ3v) is 3.46. The third kappa shape index (κ3) is 4.35. The van der Waals surface area contributed by atoms with E-state index >= 15 is 0 Å². The number of amides is 2. The van der Waals surface area contributed by atoms with Gasteiger partial charge in [0.15, 0.2) is 0 Å². The maximum absolute atomic E-state index is 11.8. The predicted octanol–water partition coefficient (Wildman–Crippen LogP) is 1.32. The van der Waals surface area contributed by atoms with Gasteiger partial charge >= 0.3 is 0 Å². The van der Waals surface area contributed by atoms with E-state index in [1.54, 1.807) is 6.07 Å². The van der Waals surface area contributed by atoms with Crippen molar-refractivity contribution in [2.45, 2.75) is 44.7 Å². The van der Waals surface area contributed by atoms with Gasteiger partial charge in [-0.3, -0.25) is 9.59 Å². The van der Waals surface area contributed by atoms with Crippen molar-refractivity contribution in [3.63, 3.8) is 0 Å². The minimum Gasteiger partial charge on any atom is -0.353 e. The van der Waals surface area contributed by atoms with Crippen LogP contribution in [0, 0.1) is 6.92 Å². The molecule has 0 bridgehead atoms. The number of benzene rings is 1. The molecule has 4 N–H and O–H groups in total. The van der Waals surface area contributed by atoms with Gasteiger partial charge in [0.1, 0.15) is 6.42 Å². The average molecular weight is 275 g/mol. The zero-order valence-corrected chi connectivity index (χ0v) is 11.7. The van der Waals surface area contributed by atoms with E-state index in [0.717, 1.165) is 24.8 Å². The highest BCUT2D eigenvalue weighted by molar-refractivity contribution is 6.03. The maximum atomic E-state index is 11.8. The summed E-state index contributed by atoms with van der Waals surface area (Å²) >= 11 is 0. The Labute approximate surface area is 118 Å². The summed E-state index contributed by atoms with van der Waals surface area (Å²) in [5, 5.41) is 5.58. The number of aryl methyl sites for hydroxylation is 1. The summed E-state index contributed by atoms with van der Waals surface area (Å²) in [6, 6.07) is 7.77. The molecule has 1 saturated carbocycles. The lowest BCUT2D eigenvalue weighted by atomic mass is 10.2. The molecule has 2 amide bonds. The van der Waals surface area contributed by atoms with Crippen LogP contribution in [0.25, 0.3) is 0 Å². The van der Waals surface area contributed by atoms with Crippen LogP contribution in [0.5, 0.6) is 0 Å². The number of hydrogen-bond donors (Lipinski definition) is 3. The number of rotatable bonds is 4. The van der Waals surface area contributed by atoms with Crippen molar-refractivity contribution in [1.82, 2.24) is 5.32 Å². The highest BCUT2D eigenvalue weighted by Crippen LogP contribution is 2.17. The second kappa shape index (κ2) is 6.52. The maximum Gasteiger partial charge on any atom is 0.233 e. The molecule has 0 unspecified atom stereocenters. The molecule has 20 heavy (non-hydrogen) atoms. The van der Waals surface area contributed by atoms with E-state index in [0.29, 0.717) is 5.69 Å². The summed E-state index contributed by atoms with van der Waals surface area (Å²) in [5.41, 5.74) is 7.56. The molecule has 0 heterocycles. The number of carbonyl (C=O) groups is 2. The van der Waals surface area contributed by atoms with Crippen LogP contribution >= 0.6 is 0 Å². The first-order chi connectivity index (χ1) is 9.52. The van der Waals surface area contributed by atoms with Gasteiger partial charge in [0.25, 0.3) is 0 Å². The van der Waals surface area contributed by atoms with Crippen LogP contribution < -0.4 is 16.4 Å². The number of anilines is 1. The Morgan fingerprint density at radius 1 is 1.30 bits per heavy atom. The van der Waals surface area contributed by atoms with Gasteiger partial charge in [0, 0.05) is 17.8 Å². The Balaban J connectivity index is 1.78. The second-order valence-corrected chi connectivity index (χ2v) is 5.43. The van der Waals surface area contributed by atoms with Crippen molar-refractivity contribution in [2.75, 3.05) is 5.32 Å². The van der Waals surface area contributed by atoms with Crippen molar-refractivity contribution < 1.29 is 9.59 Å². The van der Waals surface area contributed by atoms with Crippen LogP contribution in [0.3, 0.4) is 0 Å². The zero-order chi connectivity index (χ0) is 14.5. The van der Waals surface area contributed by atoms with Gasteiger partial charge < -0.3 is 16.4 Å². The summed E-state index contributed by atoms with van der Waals surface area (Å²) in [6.07, 6.45) is 2.47. The molecule has 0 saturated heterocycles. The van der Waals surface area contributed by atoms with Crippen LogP contribution in [0.1, 0.15) is 31.2 Å². The lowest BCUT2D eigenvalue weighted by Gasteiger charge is -2.12. The third-order valence-electron chi connectivity index (χ3n) is 3.46. The average Bonchev–Trinajstić information content (AvgIpc) is 2.74. The zero-order valence-electron chi connectivity index (χ0n) is 11.7. The van der Waals surface area contributed by atoms with Crippen LogP contribution in [0.2, 0.25) is 0 Å². The lowest BCUT2D eigenvalue weighted by Crippen LogP contribution is -2.36. The molecule has 0 spiro atoms. The smallest absolute Gasteiger partial charge is 0.233 e. The van der Waals surface area contributed by atoms with Crippen LogP contribution in [0.15, 0.2) is 24.3 Å². The van der Waals surface area contributed by atoms with Crippen LogP contribution in [0.4, 0.5) is 5.69 Å². The number of hydrogen-bond acceptors (Lipinski definition) is 3. The fourth-order valence-electron chi connectivity index (χ4n) is 2.50. The highest BCUT2D eigenvalue weighted by atomic mass is 16.2. The predicted molar refractivity (Wildman–Crippen MR) is 78.2 cm³/mol. The Morgan fingerprint density at radius 2 is 2.10 bits per heavy atom. The summed E-state index contributed by atoms with van der Waals surface area (Å²) in [4.78, 5) is 23.5. The van der Waals surface area contributed by atoms with E-state index < -0.39 is 0 Å². The largest absolute Gasteiger partial charge is 0.353 e. The summed E-state index contributed by atoms with van der Waals surface area (Å²) in [5.74, 6) is -0.537. The molecule has 1 aromatic carbocycles. The van der Waals surface area contributed by atoms with E-state index in [1.807, 2.05) is 25.1 Å². The van der Waals surface area contributed by atoms with Crippen molar-refractivity contribution in [2.24, 2.45) is 5.73 Å². The first kappa shape index (κ1) is 14.5. The minimum absolute atomic E-state index is 0.115. The van der Waals surface area contributed by atoms with Gasteiger partial charge in [-0.05, 0) is 43.9 Å². The molecule has 0 radical (unpaired) electrons. The molecule has 5 heteroatoms. The number of nitrogens with two attached hydrogens (primary N) is 1. The van der Waals surface area contributed by atoms with Gasteiger partial charge in [0.2, 0.25) is 11.8 Å².